The molecule has 1 aromatic heterocycles. The van der Waals surface area contributed by atoms with Gasteiger partial charge in [-0.1, -0.05) is 11.6 Å². The summed E-state index contributed by atoms with van der Waals surface area (Å²) in [5.41, 5.74) is 1.23. The Bertz CT molecular complexity index is 903. The lowest BCUT2D eigenvalue weighted by molar-refractivity contribution is 0.0953. The molecule has 0 atom stereocenters. The molecule has 0 bridgehead atoms. The van der Waals surface area contributed by atoms with Gasteiger partial charge in [-0.3, -0.25) is 4.79 Å². The minimum Gasteiger partial charge on any atom is -0.497 e. The highest BCUT2D eigenvalue weighted by atomic mass is 35.5. The topological polar surface area (TPSA) is 86.5 Å². The maximum Gasteiger partial charge on any atom is 0.251 e. The van der Waals surface area contributed by atoms with Crippen LogP contribution in [0.3, 0.4) is 0 Å². The van der Waals surface area contributed by atoms with Gasteiger partial charge in [0.05, 0.1) is 14.2 Å². The molecule has 0 saturated carbocycles. The Labute approximate surface area is 161 Å². The number of benzene rings is 2. The fourth-order valence-corrected chi connectivity index (χ4v) is 2.51. The zero-order valence-electron chi connectivity index (χ0n) is 14.9. The van der Waals surface area contributed by atoms with Gasteiger partial charge in [0, 0.05) is 35.2 Å². The van der Waals surface area contributed by atoms with Crippen LogP contribution < -0.4 is 14.8 Å². The van der Waals surface area contributed by atoms with Gasteiger partial charge >= 0.3 is 0 Å². The normalized spacial score (nSPS) is 10.5. The first-order valence-corrected chi connectivity index (χ1v) is 8.56. The Kier molecular flexibility index (Phi) is 5.93. The zero-order valence-corrected chi connectivity index (χ0v) is 15.6. The molecular weight excluding hydrogens is 370 g/mol. The van der Waals surface area contributed by atoms with Gasteiger partial charge in [-0.15, -0.1) is 10.2 Å². The molecule has 1 heterocycles. The summed E-state index contributed by atoms with van der Waals surface area (Å²) in [6.45, 7) is 0.348. The molecule has 0 aliphatic rings. The molecule has 0 saturated heterocycles. The molecule has 2 aromatic carbocycles. The summed E-state index contributed by atoms with van der Waals surface area (Å²) < 4.78 is 16.0. The minimum atomic E-state index is -0.246. The first-order chi connectivity index (χ1) is 13.1. The van der Waals surface area contributed by atoms with Crippen molar-refractivity contribution in [3.63, 3.8) is 0 Å². The van der Waals surface area contributed by atoms with Crippen LogP contribution in [0.1, 0.15) is 16.2 Å². The maximum absolute atomic E-state index is 12.3. The van der Waals surface area contributed by atoms with E-state index in [2.05, 4.69) is 15.5 Å². The molecule has 3 aromatic rings. The second-order valence-electron chi connectivity index (χ2n) is 5.62. The molecule has 0 spiro atoms. The van der Waals surface area contributed by atoms with Crippen molar-refractivity contribution >= 4 is 17.5 Å². The zero-order chi connectivity index (χ0) is 19.2. The van der Waals surface area contributed by atoms with E-state index in [4.69, 9.17) is 25.5 Å². The molecule has 0 unspecified atom stereocenters. The molecule has 140 valence electrons. The van der Waals surface area contributed by atoms with Crippen LogP contribution >= 0.6 is 11.6 Å². The standard InChI is InChI=1S/C19H18ClN3O4/c1-25-15-9-13(10-16(11-15)26-2)18(24)21-8-7-17-22-23-19(27-17)12-3-5-14(20)6-4-12/h3-6,9-11H,7-8H2,1-2H3,(H,21,24). The van der Waals surface area contributed by atoms with Crippen LogP contribution in [-0.4, -0.2) is 36.9 Å². The smallest absolute Gasteiger partial charge is 0.251 e. The van der Waals surface area contributed by atoms with Crippen LogP contribution in [0.15, 0.2) is 46.9 Å². The number of hydrogen-bond acceptors (Lipinski definition) is 6. The van der Waals surface area contributed by atoms with Gasteiger partial charge in [0.25, 0.3) is 5.91 Å². The molecule has 1 N–H and O–H groups in total. The van der Waals surface area contributed by atoms with E-state index in [1.807, 2.05) is 0 Å². The van der Waals surface area contributed by atoms with Crippen molar-refractivity contribution in [3.05, 3.63) is 58.9 Å². The highest BCUT2D eigenvalue weighted by Gasteiger charge is 2.12. The molecule has 0 fully saturated rings. The maximum atomic E-state index is 12.3. The third kappa shape index (κ3) is 4.77. The van der Waals surface area contributed by atoms with E-state index in [0.29, 0.717) is 46.8 Å². The summed E-state index contributed by atoms with van der Waals surface area (Å²) in [4.78, 5) is 12.3. The summed E-state index contributed by atoms with van der Waals surface area (Å²) in [5.74, 6) is 1.69. The average molecular weight is 388 g/mol. The molecular formula is C19H18ClN3O4. The van der Waals surface area contributed by atoms with Gasteiger partial charge in [0.2, 0.25) is 11.8 Å². The first kappa shape index (κ1) is 18.7. The van der Waals surface area contributed by atoms with Gasteiger partial charge < -0.3 is 19.2 Å². The summed E-state index contributed by atoms with van der Waals surface area (Å²) in [6.07, 6.45) is 0.410. The van der Waals surface area contributed by atoms with Crippen molar-refractivity contribution in [3.8, 4) is 23.0 Å². The second kappa shape index (κ2) is 8.55. The van der Waals surface area contributed by atoms with Crippen LogP contribution in [0.4, 0.5) is 0 Å². The minimum absolute atomic E-state index is 0.246. The van der Waals surface area contributed by atoms with Crippen LogP contribution in [0.2, 0.25) is 5.02 Å². The van der Waals surface area contributed by atoms with Crippen LogP contribution in [0.5, 0.6) is 11.5 Å². The van der Waals surface area contributed by atoms with Crippen molar-refractivity contribution in [1.29, 1.82) is 0 Å². The summed E-state index contributed by atoms with van der Waals surface area (Å²) in [6, 6.07) is 12.1. The van der Waals surface area contributed by atoms with Crippen molar-refractivity contribution in [2.24, 2.45) is 0 Å². The average Bonchev–Trinajstić information content (AvgIpc) is 3.16. The Morgan fingerprint density at radius 2 is 1.74 bits per heavy atom. The fraction of sp³-hybridized carbons (Fsp3) is 0.211. The number of rotatable bonds is 7. The van der Waals surface area contributed by atoms with E-state index in [9.17, 15) is 4.79 Å². The molecule has 0 radical (unpaired) electrons. The molecule has 7 nitrogen and oxygen atoms in total. The summed E-state index contributed by atoms with van der Waals surface area (Å²) in [5, 5.41) is 11.5. The van der Waals surface area contributed by atoms with Gasteiger partial charge in [-0.25, -0.2) is 0 Å². The van der Waals surface area contributed by atoms with Crippen LogP contribution in [0.25, 0.3) is 11.5 Å². The number of carbonyl (C=O) groups is 1. The fourth-order valence-electron chi connectivity index (χ4n) is 2.39. The van der Waals surface area contributed by atoms with E-state index in [1.54, 1.807) is 42.5 Å². The molecule has 8 heteroatoms. The molecule has 0 aliphatic heterocycles. The highest BCUT2D eigenvalue weighted by molar-refractivity contribution is 6.30. The summed E-state index contributed by atoms with van der Waals surface area (Å²) >= 11 is 5.87. The number of nitrogens with zero attached hydrogens (tertiary/aromatic N) is 2. The predicted molar refractivity (Wildman–Crippen MR) is 100 cm³/mol. The Morgan fingerprint density at radius 3 is 2.37 bits per heavy atom. The van der Waals surface area contributed by atoms with Crippen molar-refractivity contribution < 1.29 is 18.7 Å². The number of methoxy groups -OCH3 is 2. The Morgan fingerprint density at radius 1 is 1.07 bits per heavy atom. The van der Waals surface area contributed by atoms with E-state index >= 15 is 0 Å². The van der Waals surface area contributed by atoms with Crippen LogP contribution in [0, 0.1) is 0 Å². The van der Waals surface area contributed by atoms with Gasteiger partial charge in [-0.2, -0.15) is 0 Å². The van der Waals surface area contributed by atoms with E-state index < -0.39 is 0 Å². The Balaban J connectivity index is 1.58. The van der Waals surface area contributed by atoms with E-state index in [-0.39, 0.29) is 5.91 Å². The predicted octanol–water partition coefficient (Wildman–Crippen LogP) is 3.38. The molecule has 1 amide bonds. The van der Waals surface area contributed by atoms with Gasteiger partial charge in [-0.05, 0) is 36.4 Å². The van der Waals surface area contributed by atoms with Crippen molar-refractivity contribution in [2.45, 2.75) is 6.42 Å². The largest absolute Gasteiger partial charge is 0.497 e. The molecule has 0 aliphatic carbocycles. The SMILES string of the molecule is COc1cc(OC)cc(C(=O)NCCc2nnc(-c3ccc(Cl)cc3)o2)c1. The number of aromatic nitrogens is 2. The van der Waals surface area contributed by atoms with Crippen molar-refractivity contribution in [2.75, 3.05) is 20.8 Å². The second-order valence-corrected chi connectivity index (χ2v) is 6.05. The highest BCUT2D eigenvalue weighted by Crippen LogP contribution is 2.22. The lowest BCUT2D eigenvalue weighted by atomic mass is 10.2. The quantitative estimate of drug-likeness (QED) is 0.668. The number of halogens is 1. The molecule has 27 heavy (non-hydrogen) atoms. The first-order valence-electron chi connectivity index (χ1n) is 8.18. The third-order valence-electron chi connectivity index (χ3n) is 3.80. The summed E-state index contributed by atoms with van der Waals surface area (Å²) in [7, 11) is 3.06. The molecule has 3 rings (SSSR count). The number of carbonyl (C=O) groups excluding carboxylic acids is 1. The number of amides is 1. The lowest BCUT2D eigenvalue weighted by Crippen LogP contribution is -2.25. The number of hydrogen-bond donors (Lipinski definition) is 1. The monoisotopic (exact) mass is 387 g/mol. The van der Waals surface area contributed by atoms with E-state index in [1.165, 1.54) is 14.2 Å². The van der Waals surface area contributed by atoms with Crippen molar-refractivity contribution in [1.82, 2.24) is 15.5 Å². The van der Waals surface area contributed by atoms with Gasteiger partial charge in [0.1, 0.15) is 11.5 Å². The van der Waals surface area contributed by atoms with Gasteiger partial charge in [0.15, 0.2) is 0 Å². The van der Waals surface area contributed by atoms with E-state index in [0.717, 1.165) is 5.56 Å². The van der Waals surface area contributed by atoms with Crippen LogP contribution in [-0.2, 0) is 6.42 Å². The number of nitrogens with one attached hydrogen (secondary N) is 1. The Hall–Kier alpha value is -3.06. The lowest BCUT2D eigenvalue weighted by Gasteiger charge is -2.08. The third-order valence-corrected chi connectivity index (χ3v) is 4.05. The number of ether oxygens (including phenoxy) is 2.